The molecule has 168 valence electrons. The Morgan fingerprint density at radius 3 is 2.45 bits per heavy atom. The monoisotopic (exact) mass is 447 g/mol. The number of nitro benzene ring substituents is 1. The Morgan fingerprint density at radius 1 is 0.970 bits per heavy atom. The van der Waals surface area contributed by atoms with Crippen LogP contribution in [0.2, 0.25) is 0 Å². The number of rotatable bonds is 5. The number of benzene rings is 3. The van der Waals surface area contributed by atoms with Crippen LogP contribution in [0.15, 0.2) is 48.5 Å². The fourth-order valence-corrected chi connectivity index (χ4v) is 3.79. The predicted molar refractivity (Wildman–Crippen MR) is 123 cm³/mol. The molecule has 1 amide bonds. The normalized spacial score (nSPS) is 11.9. The number of hydrogen-bond acceptors (Lipinski definition) is 7. The maximum absolute atomic E-state index is 12.9. The second kappa shape index (κ2) is 8.62. The van der Waals surface area contributed by atoms with Crippen molar-refractivity contribution in [3.05, 3.63) is 75.3 Å². The zero-order valence-corrected chi connectivity index (χ0v) is 18.2. The van der Waals surface area contributed by atoms with E-state index in [0.29, 0.717) is 33.8 Å². The molecule has 33 heavy (non-hydrogen) atoms. The summed E-state index contributed by atoms with van der Waals surface area (Å²) in [7, 11) is 2.71. The van der Waals surface area contributed by atoms with Gasteiger partial charge in [0, 0.05) is 6.07 Å². The molecule has 0 aliphatic carbocycles. The standard InChI is InChI=1S/C24H21N3O6/c1-13-8-21(27(30)31)22(32-2)12-17(13)15-5-6-16-19(11-15)25-18-7-4-14(10-23(28)33-3)9-20(18)26-24(16)29/h4-9,11-12,25H,10H2,1-3H3,(H,26,29). The number of carbonyl (C=O) groups is 2. The summed E-state index contributed by atoms with van der Waals surface area (Å²) in [5.41, 5.74) is 5.07. The predicted octanol–water partition coefficient (Wildman–Crippen LogP) is 4.60. The van der Waals surface area contributed by atoms with Crippen molar-refractivity contribution in [3.63, 3.8) is 0 Å². The first kappa shape index (κ1) is 21.8. The minimum absolute atomic E-state index is 0.0952. The summed E-state index contributed by atoms with van der Waals surface area (Å²) < 4.78 is 9.92. The van der Waals surface area contributed by atoms with Crippen LogP contribution in [0.4, 0.5) is 22.7 Å². The number of nitro groups is 1. The molecule has 2 N–H and O–H groups in total. The molecule has 4 rings (SSSR count). The number of methoxy groups -OCH3 is 2. The van der Waals surface area contributed by atoms with E-state index in [1.165, 1.54) is 20.3 Å². The smallest absolute Gasteiger partial charge is 0.311 e. The van der Waals surface area contributed by atoms with Gasteiger partial charge in [0.05, 0.1) is 48.2 Å². The van der Waals surface area contributed by atoms with Crippen LogP contribution in [-0.2, 0) is 16.0 Å². The molecule has 1 aliphatic rings. The molecule has 0 atom stereocenters. The van der Waals surface area contributed by atoms with Gasteiger partial charge in [-0.2, -0.15) is 0 Å². The lowest BCUT2D eigenvalue weighted by Gasteiger charge is -2.13. The third-order valence-electron chi connectivity index (χ3n) is 5.48. The molecule has 0 saturated carbocycles. The van der Waals surface area contributed by atoms with Crippen LogP contribution in [0, 0.1) is 17.0 Å². The van der Waals surface area contributed by atoms with Crippen molar-refractivity contribution in [2.24, 2.45) is 0 Å². The Labute approximate surface area is 189 Å². The maximum atomic E-state index is 12.9. The molecule has 0 saturated heterocycles. The van der Waals surface area contributed by atoms with Gasteiger partial charge in [-0.3, -0.25) is 19.7 Å². The van der Waals surface area contributed by atoms with Gasteiger partial charge in [-0.25, -0.2) is 0 Å². The second-order valence-corrected chi connectivity index (χ2v) is 7.57. The molecule has 0 fully saturated rings. The molecule has 9 nitrogen and oxygen atoms in total. The number of carbonyl (C=O) groups excluding carboxylic acids is 2. The van der Waals surface area contributed by atoms with Crippen molar-refractivity contribution >= 4 is 34.6 Å². The average Bonchev–Trinajstić information content (AvgIpc) is 2.93. The van der Waals surface area contributed by atoms with E-state index in [0.717, 1.165) is 11.1 Å². The van der Waals surface area contributed by atoms with E-state index in [4.69, 9.17) is 9.47 Å². The molecule has 3 aromatic carbocycles. The average molecular weight is 447 g/mol. The minimum Gasteiger partial charge on any atom is -0.490 e. The number of aryl methyl sites for hydroxylation is 1. The number of nitrogens with zero attached hydrogens (tertiary/aromatic N) is 1. The first-order valence-corrected chi connectivity index (χ1v) is 10.1. The lowest BCUT2D eigenvalue weighted by atomic mass is 9.97. The van der Waals surface area contributed by atoms with E-state index in [1.807, 2.05) is 6.07 Å². The summed E-state index contributed by atoms with van der Waals surface area (Å²) in [5, 5.41) is 17.5. The molecule has 0 spiro atoms. The van der Waals surface area contributed by atoms with Crippen molar-refractivity contribution in [3.8, 4) is 16.9 Å². The minimum atomic E-state index is -0.482. The van der Waals surface area contributed by atoms with Crippen LogP contribution in [0.25, 0.3) is 11.1 Å². The zero-order valence-electron chi connectivity index (χ0n) is 18.2. The second-order valence-electron chi connectivity index (χ2n) is 7.57. The highest BCUT2D eigenvalue weighted by Crippen LogP contribution is 2.39. The third-order valence-corrected chi connectivity index (χ3v) is 5.48. The quantitative estimate of drug-likeness (QED) is 0.333. The van der Waals surface area contributed by atoms with Gasteiger partial charge in [0.2, 0.25) is 0 Å². The number of anilines is 3. The van der Waals surface area contributed by atoms with Gasteiger partial charge >= 0.3 is 11.7 Å². The van der Waals surface area contributed by atoms with Crippen molar-refractivity contribution in [1.82, 2.24) is 0 Å². The molecule has 0 radical (unpaired) electrons. The van der Waals surface area contributed by atoms with Gasteiger partial charge in [0.25, 0.3) is 5.91 Å². The number of nitrogens with one attached hydrogen (secondary N) is 2. The van der Waals surface area contributed by atoms with E-state index in [9.17, 15) is 19.7 Å². The molecule has 9 heteroatoms. The summed E-state index contributed by atoms with van der Waals surface area (Å²) in [4.78, 5) is 35.3. The number of hydrogen-bond donors (Lipinski definition) is 2. The lowest BCUT2D eigenvalue weighted by Crippen LogP contribution is -2.11. The van der Waals surface area contributed by atoms with Crippen molar-refractivity contribution < 1.29 is 24.0 Å². The molecule has 0 bridgehead atoms. The molecule has 1 heterocycles. The van der Waals surface area contributed by atoms with Crippen molar-refractivity contribution in [2.75, 3.05) is 24.9 Å². The fourth-order valence-electron chi connectivity index (χ4n) is 3.79. The molecule has 1 aliphatic heterocycles. The van der Waals surface area contributed by atoms with Crippen LogP contribution in [0.5, 0.6) is 5.75 Å². The van der Waals surface area contributed by atoms with Gasteiger partial charge in [0.15, 0.2) is 5.75 Å². The number of esters is 1. The highest BCUT2D eigenvalue weighted by Gasteiger charge is 2.22. The van der Waals surface area contributed by atoms with Crippen molar-refractivity contribution in [2.45, 2.75) is 13.3 Å². The largest absolute Gasteiger partial charge is 0.490 e. The van der Waals surface area contributed by atoms with Crippen LogP contribution < -0.4 is 15.4 Å². The molecule has 0 aromatic heterocycles. The Balaban J connectivity index is 1.74. The Hall–Kier alpha value is -4.40. The van der Waals surface area contributed by atoms with E-state index in [1.54, 1.807) is 43.3 Å². The SMILES string of the molecule is COC(=O)Cc1ccc2c(c1)NC(=O)c1ccc(-c3cc(OC)c([N+](=O)[O-])cc3C)cc1N2. The van der Waals surface area contributed by atoms with E-state index >= 15 is 0 Å². The summed E-state index contributed by atoms with van der Waals surface area (Å²) >= 11 is 0. The van der Waals surface area contributed by atoms with Crippen LogP contribution >= 0.6 is 0 Å². The van der Waals surface area contributed by atoms with E-state index in [-0.39, 0.29) is 29.7 Å². The highest BCUT2D eigenvalue weighted by atomic mass is 16.6. The summed E-state index contributed by atoms with van der Waals surface area (Å²) in [6.45, 7) is 1.78. The van der Waals surface area contributed by atoms with Crippen LogP contribution in [0.1, 0.15) is 21.5 Å². The third kappa shape index (κ3) is 4.20. The van der Waals surface area contributed by atoms with Gasteiger partial charge in [-0.15, -0.1) is 0 Å². The van der Waals surface area contributed by atoms with E-state index < -0.39 is 4.92 Å². The number of ether oxygens (including phenoxy) is 2. The van der Waals surface area contributed by atoms with Gasteiger partial charge in [-0.05, 0) is 59.5 Å². The van der Waals surface area contributed by atoms with Crippen LogP contribution in [-0.4, -0.2) is 31.0 Å². The lowest BCUT2D eigenvalue weighted by molar-refractivity contribution is -0.385. The van der Waals surface area contributed by atoms with E-state index in [2.05, 4.69) is 10.6 Å². The molecular weight excluding hydrogens is 426 g/mol. The Morgan fingerprint density at radius 2 is 1.76 bits per heavy atom. The topological polar surface area (TPSA) is 120 Å². The zero-order chi connectivity index (χ0) is 23.7. The van der Waals surface area contributed by atoms with Crippen LogP contribution in [0.3, 0.4) is 0 Å². The van der Waals surface area contributed by atoms with Gasteiger partial charge in [0.1, 0.15) is 0 Å². The summed E-state index contributed by atoms with van der Waals surface area (Å²) in [6, 6.07) is 13.7. The summed E-state index contributed by atoms with van der Waals surface area (Å²) in [6.07, 6.45) is 0.0952. The van der Waals surface area contributed by atoms with Crippen molar-refractivity contribution in [1.29, 1.82) is 0 Å². The Bertz CT molecular complexity index is 1300. The maximum Gasteiger partial charge on any atom is 0.311 e. The first-order valence-electron chi connectivity index (χ1n) is 10.1. The number of fused-ring (bicyclic) bond motifs is 2. The van der Waals surface area contributed by atoms with Gasteiger partial charge < -0.3 is 20.1 Å². The number of amides is 1. The Kier molecular flexibility index (Phi) is 5.70. The van der Waals surface area contributed by atoms with Gasteiger partial charge in [-0.1, -0.05) is 12.1 Å². The molecular formula is C24H21N3O6. The molecule has 0 unspecified atom stereocenters. The first-order chi connectivity index (χ1) is 15.8. The molecule has 3 aromatic rings. The fraction of sp³-hybridized carbons (Fsp3) is 0.167. The highest BCUT2D eigenvalue weighted by molar-refractivity contribution is 6.12. The summed E-state index contributed by atoms with van der Waals surface area (Å²) in [5.74, 6) is -0.509.